The Morgan fingerprint density at radius 2 is 1.67 bits per heavy atom. The Morgan fingerprint density at radius 1 is 0.944 bits per heavy atom. The third-order valence-corrected chi connectivity index (χ3v) is 2.52. The molecule has 0 radical (unpaired) electrons. The molecular weight excluding hydrogens is 224 g/mol. The lowest BCUT2D eigenvalue weighted by Gasteiger charge is -2.03. The van der Waals surface area contributed by atoms with Crippen LogP contribution in [0.5, 0.6) is 5.75 Å². The maximum atomic E-state index is 5.83. The first-order valence-electron chi connectivity index (χ1n) is 5.51. The summed E-state index contributed by atoms with van der Waals surface area (Å²) in [5.74, 6) is 6.75. The van der Waals surface area contributed by atoms with E-state index < -0.39 is 0 Å². The summed E-state index contributed by atoms with van der Waals surface area (Å²) in [6.07, 6.45) is 0. The van der Waals surface area contributed by atoms with Crippen molar-refractivity contribution < 1.29 is 4.74 Å². The number of anilines is 2. The van der Waals surface area contributed by atoms with Gasteiger partial charge in [0.25, 0.3) is 0 Å². The number of para-hydroxylation sites is 1. The van der Waals surface area contributed by atoms with E-state index in [9.17, 15) is 0 Å². The van der Waals surface area contributed by atoms with E-state index in [1.165, 1.54) is 0 Å². The third kappa shape index (κ3) is 2.55. The van der Waals surface area contributed by atoms with Gasteiger partial charge in [0.2, 0.25) is 0 Å². The van der Waals surface area contributed by atoms with Crippen molar-refractivity contribution in [2.45, 2.75) is 0 Å². The van der Waals surface area contributed by atoms with Crippen molar-refractivity contribution in [2.24, 2.45) is 0 Å². The van der Waals surface area contributed by atoms with Crippen molar-refractivity contribution in [1.29, 1.82) is 0 Å². The fraction of sp³-hybridized carbons (Fsp3) is 0.0667. The predicted molar refractivity (Wildman–Crippen MR) is 74.2 cm³/mol. The summed E-state index contributed by atoms with van der Waals surface area (Å²) in [5.41, 5.74) is 14.4. The van der Waals surface area contributed by atoms with E-state index >= 15 is 0 Å². The third-order valence-electron chi connectivity index (χ3n) is 2.52. The number of hydrogen-bond donors (Lipinski definition) is 2. The first-order valence-corrected chi connectivity index (χ1v) is 5.51. The highest BCUT2D eigenvalue weighted by Crippen LogP contribution is 2.20. The van der Waals surface area contributed by atoms with E-state index in [-0.39, 0.29) is 0 Å². The average molecular weight is 238 g/mol. The minimum Gasteiger partial charge on any atom is -0.495 e. The zero-order chi connectivity index (χ0) is 13.0. The second kappa shape index (κ2) is 5.15. The van der Waals surface area contributed by atoms with Gasteiger partial charge in [0.15, 0.2) is 0 Å². The highest BCUT2D eigenvalue weighted by atomic mass is 16.5. The lowest BCUT2D eigenvalue weighted by molar-refractivity contribution is 0.413. The molecule has 0 aromatic heterocycles. The van der Waals surface area contributed by atoms with Gasteiger partial charge in [-0.15, -0.1) is 0 Å². The van der Waals surface area contributed by atoms with Crippen LogP contribution >= 0.6 is 0 Å². The molecule has 0 heterocycles. The van der Waals surface area contributed by atoms with Crippen LogP contribution in [0.25, 0.3) is 0 Å². The largest absolute Gasteiger partial charge is 0.495 e. The van der Waals surface area contributed by atoms with Crippen LogP contribution in [-0.4, -0.2) is 7.11 Å². The maximum Gasteiger partial charge on any atom is 0.134 e. The highest BCUT2D eigenvalue weighted by Gasteiger charge is 2.00. The number of ether oxygens (including phenoxy) is 1. The summed E-state index contributed by atoms with van der Waals surface area (Å²) < 4.78 is 5.23. The van der Waals surface area contributed by atoms with Gasteiger partial charge in [-0.25, -0.2) is 0 Å². The van der Waals surface area contributed by atoms with E-state index in [1.54, 1.807) is 25.3 Å². The van der Waals surface area contributed by atoms with Crippen LogP contribution in [0.15, 0.2) is 42.5 Å². The fourth-order valence-corrected chi connectivity index (χ4v) is 1.57. The molecule has 0 spiro atoms. The molecule has 3 nitrogen and oxygen atoms in total. The highest BCUT2D eigenvalue weighted by molar-refractivity contribution is 5.60. The van der Waals surface area contributed by atoms with Gasteiger partial charge >= 0.3 is 0 Å². The number of nitrogens with two attached hydrogens (primary N) is 2. The van der Waals surface area contributed by atoms with Gasteiger partial charge in [0, 0.05) is 16.9 Å². The molecule has 0 aliphatic carbocycles. The quantitative estimate of drug-likeness (QED) is 0.591. The van der Waals surface area contributed by atoms with Crippen LogP contribution in [-0.2, 0) is 0 Å². The van der Waals surface area contributed by atoms with Gasteiger partial charge in [-0.2, -0.15) is 0 Å². The molecule has 0 saturated heterocycles. The summed E-state index contributed by atoms with van der Waals surface area (Å²) in [5, 5.41) is 0. The Morgan fingerprint density at radius 3 is 2.39 bits per heavy atom. The Balaban J connectivity index is 2.41. The molecule has 3 heteroatoms. The van der Waals surface area contributed by atoms with Crippen molar-refractivity contribution >= 4 is 11.4 Å². The lowest BCUT2D eigenvalue weighted by Crippen LogP contribution is -1.92. The van der Waals surface area contributed by atoms with Gasteiger partial charge in [-0.1, -0.05) is 24.0 Å². The molecule has 90 valence electrons. The molecule has 18 heavy (non-hydrogen) atoms. The lowest BCUT2D eigenvalue weighted by atomic mass is 10.1. The van der Waals surface area contributed by atoms with Crippen LogP contribution in [0.3, 0.4) is 0 Å². The standard InChI is InChI=1S/C15H14N2O/c1-18-15-9-8-13(16)10-12(15)7-6-11-4-2-3-5-14(11)17/h2-5,8-10H,16-17H2,1H3. The zero-order valence-electron chi connectivity index (χ0n) is 10.1. The average Bonchev–Trinajstić information content (AvgIpc) is 2.38. The SMILES string of the molecule is COc1ccc(N)cc1C#Cc1ccccc1N. The Bertz CT molecular complexity index is 624. The Hall–Kier alpha value is -2.60. The van der Waals surface area contributed by atoms with E-state index in [0.717, 1.165) is 11.1 Å². The van der Waals surface area contributed by atoms with Crippen LogP contribution in [0, 0.1) is 11.8 Å². The first-order chi connectivity index (χ1) is 8.70. The minimum absolute atomic E-state index is 0.654. The van der Waals surface area contributed by atoms with Crippen molar-refractivity contribution in [3.8, 4) is 17.6 Å². The number of rotatable bonds is 1. The number of hydrogen-bond acceptors (Lipinski definition) is 3. The van der Waals surface area contributed by atoms with E-state index in [2.05, 4.69) is 11.8 Å². The van der Waals surface area contributed by atoms with Crippen molar-refractivity contribution in [2.75, 3.05) is 18.6 Å². The van der Waals surface area contributed by atoms with E-state index in [4.69, 9.17) is 16.2 Å². The van der Waals surface area contributed by atoms with Gasteiger partial charge in [0.05, 0.1) is 12.7 Å². The molecule has 4 N–H and O–H groups in total. The molecule has 0 saturated carbocycles. The summed E-state index contributed by atoms with van der Waals surface area (Å²) in [6.45, 7) is 0. The van der Waals surface area contributed by atoms with Gasteiger partial charge in [-0.3, -0.25) is 0 Å². The molecule has 0 fully saturated rings. The molecule has 0 aliphatic heterocycles. The predicted octanol–water partition coefficient (Wildman–Crippen LogP) is 2.26. The summed E-state index contributed by atoms with van der Waals surface area (Å²) in [6, 6.07) is 12.8. The van der Waals surface area contributed by atoms with Gasteiger partial charge < -0.3 is 16.2 Å². The smallest absolute Gasteiger partial charge is 0.134 e. The van der Waals surface area contributed by atoms with Crippen LogP contribution in [0.2, 0.25) is 0 Å². The van der Waals surface area contributed by atoms with Crippen LogP contribution in [0.1, 0.15) is 11.1 Å². The minimum atomic E-state index is 0.654. The molecular formula is C15H14N2O. The molecule has 0 bridgehead atoms. The molecule has 0 unspecified atom stereocenters. The molecule has 0 aliphatic rings. The Kier molecular flexibility index (Phi) is 3.40. The second-order valence-electron chi connectivity index (χ2n) is 3.80. The van der Waals surface area contributed by atoms with Gasteiger partial charge in [-0.05, 0) is 30.3 Å². The summed E-state index contributed by atoms with van der Waals surface area (Å²) >= 11 is 0. The van der Waals surface area contributed by atoms with Crippen molar-refractivity contribution in [3.05, 3.63) is 53.6 Å². The topological polar surface area (TPSA) is 61.3 Å². The normalized spacial score (nSPS) is 9.39. The molecule has 0 atom stereocenters. The van der Waals surface area contributed by atoms with Crippen molar-refractivity contribution in [1.82, 2.24) is 0 Å². The number of nitrogen functional groups attached to an aromatic ring is 2. The van der Waals surface area contributed by atoms with Crippen molar-refractivity contribution in [3.63, 3.8) is 0 Å². The fourth-order valence-electron chi connectivity index (χ4n) is 1.57. The summed E-state index contributed by atoms with van der Waals surface area (Å²) in [7, 11) is 1.60. The maximum absolute atomic E-state index is 5.83. The number of methoxy groups -OCH3 is 1. The van der Waals surface area contributed by atoms with Crippen LogP contribution in [0.4, 0.5) is 11.4 Å². The van der Waals surface area contributed by atoms with E-state index in [0.29, 0.717) is 17.1 Å². The number of benzene rings is 2. The summed E-state index contributed by atoms with van der Waals surface area (Å²) in [4.78, 5) is 0. The first kappa shape index (κ1) is 11.9. The zero-order valence-corrected chi connectivity index (χ0v) is 10.1. The van der Waals surface area contributed by atoms with Crippen LogP contribution < -0.4 is 16.2 Å². The molecule has 2 aromatic rings. The Labute approximate surface area is 106 Å². The second-order valence-corrected chi connectivity index (χ2v) is 3.80. The monoisotopic (exact) mass is 238 g/mol. The molecule has 2 rings (SSSR count). The molecule has 2 aromatic carbocycles. The molecule has 0 amide bonds. The van der Waals surface area contributed by atoms with Gasteiger partial charge in [0.1, 0.15) is 5.75 Å². The van der Waals surface area contributed by atoms with E-state index in [1.807, 2.05) is 24.3 Å².